The molecule has 0 aromatic carbocycles. The molecule has 0 aliphatic carbocycles. The van der Waals surface area contributed by atoms with Gasteiger partial charge in [0.2, 0.25) is 0 Å². The van der Waals surface area contributed by atoms with E-state index in [0.29, 0.717) is 6.04 Å². The van der Waals surface area contributed by atoms with Crippen LogP contribution in [0.25, 0.3) is 0 Å². The summed E-state index contributed by atoms with van der Waals surface area (Å²) in [5, 5.41) is 3.55. The fourth-order valence-corrected chi connectivity index (χ4v) is 1.31. The second kappa shape index (κ2) is 8.05. The van der Waals surface area contributed by atoms with Crippen LogP contribution in [0, 0.1) is 5.92 Å². The molecule has 0 aliphatic heterocycles. The average molecular weight is 197 g/mol. The third-order valence-corrected chi connectivity index (χ3v) is 2.64. The first-order valence-corrected chi connectivity index (χ1v) is 5.93. The van der Waals surface area contributed by atoms with Crippen LogP contribution in [0.4, 0.5) is 0 Å². The first kappa shape index (κ1) is 13.7. The molecule has 0 heterocycles. The Morgan fingerprint density at radius 2 is 1.93 bits per heavy atom. The maximum absolute atomic E-state index is 3.55. The summed E-state index contributed by atoms with van der Waals surface area (Å²) in [5.41, 5.74) is 1.44. The van der Waals surface area contributed by atoms with Gasteiger partial charge in [-0.2, -0.15) is 0 Å². The van der Waals surface area contributed by atoms with Crippen molar-refractivity contribution in [2.45, 2.75) is 59.9 Å². The van der Waals surface area contributed by atoms with Crippen LogP contribution in [0.3, 0.4) is 0 Å². The molecule has 0 spiro atoms. The minimum atomic E-state index is 0.668. The standard InChI is InChI=1S/C13H27N/c1-6-13(5)14-10-12(4)9-7-8-11(2)3/h8,12-14H,6-7,9-10H2,1-5H3/t12?,13-/m0/s1. The SMILES string of the molecule is CC[C@H](C)NCC(C)CCC=C(C)C. The lowest BCUT2D eigenvalue weighted by Gasteiger charge is -2.15. The second-order valence-electron chi connectivity index (χ2n) is 4.68. The third-order valence-electron chi connectivity index (χ3n) is 2.64. The van der Waals surface area contributed by atoms with Crippen LogP contribution < -0.4 is 5.32 Å². The van der Waals surface area contributed by atoms with Gasteiger partial charge in [0.25, 0.3) is 0 Å². The molecule has 0 fully saturated rings. The number of nitrogens with one attached hydrogen (secondary N) is 1. The zero-order valence-corrected chi connectivity index (χ0v) is 10.6. The maximum Gasteiger partial charge on any atom is 0.00362 e. The summed E-state index contributed by atoms with van der Waals surface area (Å²) in [4.78, 5) is 0. The summed E-state index contributed by atoms with van der Waals surface area (Å²) in [6.07, 6.45) is 6.08. The molecule has 84 valence electrons. The Morgan fingerprint density at radius 3 is 2.43 bits per heavy atom. The summed E-state index contributed by atoms with van der Waals surface area (Å²) >= 11 is 0. The average Bonchev–Trinajstić information content (AvgIpc) is 2.13. The van der Waals surface area contributed by atoms with Crippen LogP contribution in [0.2, 0.25) is 0 Å². The van der Waals surface area contributed by atoms with Crippen molar-refractivity contribution in [3.8, 4) is 0 Å². The smallest absolute Gasteiger partial charge is 0.00362 e. The molecule has 1 unspecified atom stereocenters. The molecule has 14 heavy (non-hydrogen) atoms. The van der Waals surface area contributed by atoms with E-state index >= 15 is 0 Å². The highest BCUT2D eigenvalue weighted by atomic mass is 14.9. The number of allylic oxidation sites excluding steroid dienone is 2. The largest absolute Gasteiger partial charge is 0.314 e. The highest BCUT2D eigenvalue weighted by molar-refractivity contribution is 4.92. The van der Waals surface area contributed by atoms with Gasteiger partial charge in [0.1, 0.15) is 0 Å². The summed E-state index contributed by atoms with van der Waals surface area (Å²) < 4.78 is 0. The predicted octanol–water partition coefficient (Wildman–Crippen LogP) is 3.76. The monoisotopic (exact) mass is 197 g/mol. The highest BCUT2D eigenvalue weighted by Gasteiger charge is 2.02. The molecule has 0 bridgehead atoms. The fourth-order valence-electron chi connectivity index (χ4n) is 1.31. The second-order valence-corrected chi connectivity index (χ2v) is 4.68. The van der Waals surface area contributed by atoms with E-state index in [-0.39, 0.29) is 0 Å². The third kappa shape index (κ3) is 8.31. The van der Waals surface area contributed by atoms with Gasteiger partial charge in [-0.1, -0.05) is 25.5 Å². The number of hydrogen-bond donors (Lipinski definition) is 1. The molecule has 1 N–H and O–H groups in total. The van der Waals surface area contributed by atoms with E-state index < -0.39 is 0 Å². The van der Waals surface area contributed by atoms with E-state index in [4.69, 9.17) is 0 Å². The zero-order valence-electron chi connectivity index (χ0n) is 10.6. The maximum atomic E-state index is 3.55. The van der Waals surface area contributed by atoms with E-state index in [2.05, 4.69) is 46.0 Å². The molecule has 0 saturated heterocycles. The van der Waals surface area contributed by atoms with Crippen molar-refractivity contribution in [3.05, 3.63) is 11.6 Å². The molecular formula is C13H27N. The number of rotatable bonds is 7. The molecule has 1 heteroatoms. The molecule has 0 saturated carbocycles. The van der Waals surface area contributed by atoms with Crippen LogP contribution in [0.15, 0.2) is 11.6 Å². The quantitative estimate of drug-likeness (QED) is 0.613. The van der Waals surface area contributed by atoms with Crippen molar-refractivity contribution < 1.29 is 0 Å². The van der Waals surface area contributed by atoms with Crippen LogP contribution >= 0.6 is 0 Å². The van der Waals surface area contributed by atoms with Crippen molar-refractivity contribution in [1.29, 1.82) is 0 Å². The van der Waals surface area contributed by atoms with Crippen LogP contribution in [-0.4, -0.2) is 12.6 Å². The Kier molecular flexibility index (Phi) is 7.87. The lowest BCUT2D eigenvalue weighted by Crippen LogP contribution is -2.29. The Bertz CT molecular complexity index is 157. The Labute approximate surface area is 90.0 Å². The van der Waals surface area contributed by atoms with Gasteiger partial charge in [-0.05, 0) is 52.5 Å². The first-order valence-electron chi connectivity index (χ1n) is 5.93. The molecule has 0 rings (SSSR count). The van der Waals surface area contributed by atoms with Gasteiger partial charge >= 0.3 is 0 Å². The normalized spacial score (nSPS) is 14.9. The van der Waals surface area contributed by atoms with Crippen molar-refractivity contribution in [2.24, 2.45) is 5.92 Å². The molecule has 0 aliphatic rings. The van der Waals surface area contributed by atoms with E-state index in [1.54, 1.807) is 0 Å². The van der Waals surface area contributed by atoms with E-state index in [1.807, 2.05) is 0 Å². The Balaban J connectivity index is 3.46. The molecule has 1 nitrogen and oxygen atoms in total. The van der Waals surface area contributed by atoms with Crippen molar-refractivity contribution in [2.75, 3.05) is 6.54 Å². The molecule has 0 aromatic heterocycles. The Hall–Kier alpha value is -0.300. The van der Waals surface area contributed by atoms with Gasteiger partial charge in [-0.3, -0.25) is 0 Å². The first-order chi connectivity index (χ1) is 6.56. The van der Waals surface area contributed by atoms with Crippen LogP contribution in [0.5, 0.6) is 0 Å². The number of hydrogen-bond acceptors (Lipinski definition) is 1. The van der Waals surface area contributed by atoms with Crippen molar-refractivity contribution >= 4 is 0 Å². The van der Waals surface area contributed by atoms with Gasteiger partial charge in [0.05, 0.1) is 0 Å². The van der Waals surface area contributed by atoms with Crippen LogP contribution in [0.1, 0.15) is 53.9 Å². The summed E-state index contributed by atoms with van der Waals surface area (Å²) in [5.74, 6) is 0.791. The minimum absolute atomic E-state index is 0.668. The topological polar surface area (TPSA) is 12.0 Å². The predicted molar refractivity (Wildman–Crippen MR) is 65.6 cm³/mol. The summed E-state index contributed by atoms with van der Waals surface area (Å²) in [6, 6.07) is 0.668. The van der Waals surface area contributed by atoms with Gasteiger partial charge < -0.3 is 5.32 Å². The Morgan fingerprint density at radius 1 is 1.29 bits per heavy atom. The highest BCUT2D eigenvalue weighted by Crippen LogP contribution is 2.07. The van der Waals surface area contributed by atoms with Gasteiger partial charge in [-0.15, -0.1) is 0 Å². The van der Waals surface area contributed by atoms with Crippen molar-refractivity contribution in [3.63, 3.8) is 0 Å². The van der Waals surface area contributed by atoms with Gasteiger partial charge in [0.15, 0.2) is 0 Å². The molecule has 0 radical (unpaired) electrons. The molecule has 0 amide bonds. The van der Waals surface area contributed by atoms with E-state index in [1.165, 1.54) is 24.8 Å². The van der Waals surface area contributed by atoms with Gasteiger partial charge in [-0.25, -0.2) is 0 Å². The molecule has 0 aromatic rings. The minimum Gasteiger partial charge on any atom is -0.314 e. The van der Waals surface area contributed by atoms with Crippen molar-refractivity contribution in [1.82, 2.24) is 5.32 Å². The fraction of sp³-hybridized carbons (Fsp3) is 0.846. The van der Waals surface area contributed by atoms with Gasteiger partial charge in [0, 0.05) is 6.04 Å². The van der Waals surface area contributed by atoms with E-state index in [9.17, 15) is 0 Å². The molecular weight excluding hydrogens is 170 g/mol. The lowest BCUT2D eigenvalue weighted by atomic mass is 10.0. The van der Waals surface area contributed by atoms with E-state index in [0.717, 1.165) is 12.5 Å². The molecule has 2 atom stereocenters. The summed E-state index contributed by atoms with van der Waals surface area (Å²) in [7, 11) is 0. The summed E-state index contributed by atoms with van der Waals surface area (Å²) in [6.45, 7) is 12.3. The lowest BCUT2D eigenvalue weighted by molar-refractivity contribution is 0.437. The zero-order chi connectivity index (χ0) is 11.0. The van der Waals surface area contributed by atoms with Crippen LogP contribution in [-0.2, 0) is 0 Å².